The van der Waals surface area contributed by atoms with E-state index in [1.54, 1.807) is 0 Å². The number of hydrogen-bond donors (Lipinski definition) is 1. The molecule has 174 valence electrons. The molecule has 1 N–H and O–H groups in total. The summed E-state index contributed by atoms with van der Waals surface area (Å²) in [6.45, 7) is 2.63. The minimum atomic E-state index is -0.245. The molecule has 0 bridgehead atoms. The van der Waals surface area contributed by atoms with Gasteiger partial charge in [-0.3, -0.25) is 4.79 Å². The van der Waals surface area contributed by atoms with Crippen LogP contribution in [0.3, 0.4) is 0 Å². The van der Waals surface area contributed by atoms with Gasteiger partial charge in [0, 0.05) is 11.6 Å². The molecule has 4 nitrogen and oxygen atoms in total. The fourth-order valence-corrected chi connectivity index (χ4v) is 4.48. The minimum absolute atomic E-state index is 0.0324. The Morgan fingerprint density at radius 3 is 2.20 bits per heavy atom. The first-order valence-corrected chi connectivity index (χ1v) is 12.1. The van der Waals surface area contributed by atoms with Crippen LogP contribution < -0.4 is 5.32 Å². The maximum atomic E-state index is 12.9. The molecule has 1 unspecified atom stereocenters. The number of hydrogen-bond acceptors (Lipinski definition) is 2. The van der Waals surface area contributed by atoms with Crippen molar-refractivity contribution < 1.29 is 4.79 Å². The number of para-hydroxylation sites is 2. The standard InChI is InChI=1S/C30H26ClN3O/c1-21(32-29(35)19-22-11-15-25(16-12-22)24-7-3-2-4-8-24)30-33-27-9-5-6-10-28(27)34(30)20-23-13-17-26(31)18-14-23/h2-18,21H,19-20H2,1H3,(H,32,35). The number of rotatable bonds is 7. The highest BCUT2D eigenvalue weighted by Crippen LogP contribution is 2.23. The van der Waals surface area contributed by atoms with E-state index in [0.717, 1.165) is 39.1 Å². The zero-order valence-corrected chi connectivity index (χ0v) is 20.2. The third kappa shape index (κ3) is 5.28. The molecule has 5 rings (SSSR count). The lowest BCUT2D eigenvalue weighted by molar-refractivity contribution is -0.121. The van der Waals surface area contributed by atoms with E-state index in [0.29, 0.717) is 18.0 Å². The topological polar surface area (TPSA) is 46.9 Å². The second kappa shape index (κ2) is 10.2. The van der Waals surface area contributed by atoms with E-state index in [-0.39, 0.29) is 11.9 Å². The summed E-state index contributed by atoms with van der Waals surface area (Å²) >= 11 is 6.07. The number of benzene rings is 4. The molecule has 0 spiro atoms. The lowest BCUT2D eigenvalue weighted by Gasteiger charge is -2.17. The van der Waals surface area contributed by atoms with Crippen LogP contribution in [0.5, 0.6) is 0 Å². The number of imidazole rings is 1. The molecule has 5 heteroatoms. The predicted octanol–water partition coefficient (Wildman–Crippen LogP) is 6.82. The molecular formula is C30H26ClN3O. The Morgan fingerprint density at radius 2 is 1.46 bits per heavy atom. The van der Waals surface area contributed by atoms with Gasteiger partial charge in [0.15, 0.2) is 0 Å². The lowest BCUT2D eigenvalue weighted by Crippen LogP contribution is -2.30. The fraction of sp³-hybridized carbons (Fsp3) is 0.133. The van der Waals surface area contributed by atoms with Gasteiger partial charge in [0.2, 0.25) is 5.91 Å². The molecule has 0 fully saturated rings. The van der Waals surface area contributed by atoms with Gasteiger partial charge in [-0.05, 0) is 53.4 Å². The molecule has 1 heterocycles. The van der Waals surface area contributed by atoms with E-state index in [9.17, 15) is 4.79 Å². The maximum absolute atomic E-state index is 12.9. The van der Waals surface area contributed by atoms with Crippen LogP contribution in [0.4, 0.5) is 0 Å². The van der Waals surface area contributed by atoms with Crippen LogP contribution >= 0.6 is 11.6 Å². The van der Waals surface area contributed by atoms with Gasteiger partial charge in [0.25, 0.3) is 0 Å². The van der Waals surface area contributed by atoms with Gasteiger partial charge >= 0.3 is 0 Å². The molecule has 0 aliphatic rings. The van der Waals surface area contributed by atoms with E-state index < -0.39 is 0 Å². The molecule has 5 aromatic rings. The highest BCUT2D eigenvalue weighted by atomic mass is 35.5. The lowest BCUT2D eigenvalue weighted by atomic mass is 10.0. The summed E-state index contributed by atoms with van der Waals surface area (Å²) in [6.07, 6.45) is 0.316. The zero-order valence-electron chi connectivity index (χ0n) is 19.5. The van der Waals surface area contributed by atoms with Crippen LogP contribution in [0, 0.1) is 0 Å². The van der Waals surface area contributed by atoms with Crippen molar-refractivity contribution in [2.75, 3.05) is 0 Å². The van der Waals surface area contributed by atoms with Crippen LogP contribution in [-0.4, -0.2) is 15.5 Å². The SMILES string of the molecule is CC(NC(=O)Cc1ccc(-c2ccccc2)cc1)c1nc2ccccc2n1Cc1ccc(Cl)cc1. The quantitative estimate of drug-likeness (QED) is 0.278. The van der Waals surface area contributed by atoms with Gasteiger partial charge in [-0.25, -0.2) is 4.98 Å². The smallest absolute Gasteiger partial charge is 0.224 e. The molecular weight excluding hydrogens is 454 g/mol. The van der Waals surface area contributed by atoms with Crippen molar-refractivity contribution in [1.29, 1.82) is 0 Å². The second-order valence-corrected chi connectivity index (χ2v) is 9.14. The van der Waals surface area contributed by atoms with E-state index in [2.05, 4.69) is 40.2 Å². The summed E-state index contributed by atoms with van der Waals surface area (Å²) in [5.41, 5.74) is 6.35. The zero-order chi connectivity index (χ0) is 24.2. The van der Waals surface area contributed by atoms with Gasteiger partial charge in [-0.15, -0.1) is 0 Å². The summed E-state index contributed by atoms with van der Waals surface area (Å²) in [5, 5.41) is 3.85. The number of halogens is 1. The van der Waals surface area contributed by atoms with Crippen molar-refractivity contribution in [3.8, 4) is 11.1 Å². The Morgan fingerprint density at radius 1 is 0.829 bits per heavy atom. The summed E-state index contributed by atoms with van der Waals surface area (Å²) in [5.74, 6) is 0.795. The summed E-state index contributed by atoms with van der Waals surface area (Å²) in [4.78, 5) is 17.8. The Bertz CT molecular complexity index is 1440. The van der Waals surface area contributed by atoms with Gasteiger partial charge in [0.1, 0.15) is 5.82 Å². The Labute approximate surface area is 210 Å². The molecule has 0 aliphatic carbocycles. The molecule has 1 aromatic heterocycles. The summed E-state index contributed by atoms with van der Waals surface area (Å²) in [7, 11) is 0. The molecule has 1 atom stereocenters. The fourth-order valence-electron chi connectivity index (χ4n) is 4.35. The van der Waals surface area contributed by atoms with Crippen molar-refractivity contribution in [2.24, 2.45) is 0 Å². The number of carbonyl (C=O) groups is 1. The average molecular weight is 480 g/mol. The average Bonchev–Trinajstić information content (AvgIpc) is 3.25. The van der Waals surface area contributed by atoms with E-state index in [1.165, 1.54) is 0 Å². The number of carbonyl (C=O) groups excluding carboxylic acids is 1. The number of nitrogens with zero attached hydrogens (tertiary/aromatic N) is 2. The molecule has 0 saturated carbocycles. The van der Waals surface area contributed by atoms with Crippen molar-refractivity contribution in [1.82, 2.24) is 14.9 Å². The van der Waals surface area contributed by atoms with Crippen LogP contribution in [0.15, 0.2) is 103 Å². The van der Waals surface area contributed by atoms with Crippen LogP contribution in [-0.2, 0) is 17.8 Å². The molecule has 0 saturated heterocycles. The van der Waals surface area contributed by atoms with Gasteiger partial charge in [-0.2, -0.15) is 0 Å². The maximum Gasteiger partial charge on any atom is 0.224 e. The third-order valence-electron chi connectivity index (χ3n) is 6.13. The Kier molecular flexibility index (Phi) is 6.64. The van der Waals surface area contributed by atoms with E-state index >= 15 is 0 Å². The summed E-state index contributed by atoms with van der Waals surface area (Å²) in [6, 6.07) is 34.0. The molecule has 35 heavy (non-hydrogen) atoms. The van der Waals surface area contributed by atoms with E-state index in [1.807, 2.05) is 79.7 Å². The Hall–Kier alpha value is -3.89. The van der Waals surface area contributed by atoms with Gasteiger partial charge in [0.05, 0.1) is 23.5 Å². The number of amides is 1. The monoisotopic (exact) mass is 479 g/mol. The first-order chi connectivity index (χ1) is 17.1. The van der Waals surface area contributed by atoms with E-state index in [4.69, 9.17) is 16.6 Å². The van der Waals surface area contributed by atoms with Crippen LogP contribution in [0.1, 0.15) is 29.9 Å². The molecule has 0 aliphatic heterocycles. The molecule has 0 radical (unpaired) electrons. The third-order valence-corrected chi connectivity index (χ3v) is 6.38. The van der Waals surface area contributed by atoms with Crippen LogP contribution in [0.2, 0.25) is 5.02 Å². The largest absolute Gasteiger partial charge is 0.346 e. The highest BCUT2D eigenvalue weighted by Gasteiger charge is 2.19. The normalized spacial score (nSPS) is 11.9. The summed E-state index contributed by atoms with van der Waals surface area (Å²) < 4.78 is 2.16. The van der Waals surface area contributed by atoms with Crippen molar-refractivity contribution in [3.05, 3.63) is 125 Å². The molecule has 1 amide bonds. The molecule has 4 aromatic carbocycles. The Balaban J connectivity index is 1.32. The highest BCUT2D eigenvalue weighted by molar-refractivity contribution is 6.30. The number of aromatic nitrogens is 2. The number of fused-ring (bicyclic) bond motifs is 1. The van der Waals surface area contributed by atoms with Crippen molar-refractivity contribution >= 4 is 28.5 Å². The van der Waals surface area contributed by atoms with Gasteiger partial charge < -0.3 is 9.88 Å². The van der Waals surface area contributed by atoms with Crippen molar-refractivity contribution in [2.45, 2.75) is 25.9 Å². The number of nitrogens with one attached hydrogen (secondary N) is 1. The van der Waals surface area contributed by atoms with Crippen LogP contribution in [0.25, 0.3) is 22.2 Å². The second-order valence-electron chi connectivity index (χ2n) is 8.70. The van der Waals surface area contributed by atoms with Crippen molar-refractivity contribution in [3.63, 3.8) is 0 Å². The predicted molar refractivity (Wildman–Crippen MR) is 142 cm³/mol. The minimum Gasteiger partial charge on any atom is -0.346 e. The van der Waals surface area contributed by atoms with Gasteiger partial charge in [-0.1, -0.05) is 90.5 Å². The first kappa shape index (κ1) is 22.9. The first-order valence-electron chi connectivity index (χ1n) is 11.7.